The monoisotopic (exact) mass is 481 g/mol. The van der Waals surface area contributed by atoms with Crippen LogP contribution in [-0.2, 0) is 0 Å². The van der Waals surface area contributed by atoms with E-state index in [1.807, 2.05) is 0 Å². The van der Waals surface area contributed by atoms with Crippen LogP contribution in [0.15, 0.2) is 67.0 Å². The third-order valence-electron chi connectivity index (χ3n) is 5.06. The second-order valence-electron chi connectivity index (χ2n) is 7.20. The lowest BCUT2D eigenvalue weighted by atomic mass is 10.1. The molecule has 5 rings (SSSR count). The number of benzene rings is 2. The number of rotatable bonds is 6. The van der Waals surface area contributed by atoms with Gasteiger partial charge in [-0.05, 0) is 48.5 Å². The summed E-state index contributed by atoms with van der Waals surface area (Å²) in [6.45, 7) is 0. The molecule has 3 heterocycles. The molecule has 0 aliphatic rings. The zero-order chi connectivity index (χ0) is 23.8. The van der Waals surface area contributed by atoms with Crippen LogP contribution >= 0.6 is 11.6 Å². The first-order chi connectivity index (χ1) is 16.4. The minimum Gasteiger partial charge on any atom is -0.437 e. The van der Waals surface area contributed by atoms with Crippen LogP contribution in [0, 0.1) is 5.82 Å². The Kier molecular flexibility index (Phi) is 5.34. The van der Waals surface area contributed by atoms with Crippen molar-refractivity contribution in [2.45, 2.75) is 0 Å². The molecule has 34 heavy (non-hydrogen) atoms. The molecule has 11 heteroatoms. The van der Waals surface area contributed by atoms with E-state index >= 15 is 0 Å². The number of carbonyl (C=O) groups excluding carboxylic acids is 1. The Morgan fingerprint density at radius 1 is 1.12 bits per heavy atom. The SMILES string of the molecule is Nc1c(C(=O)c2cc3cc(OF)ccc3[nH]2)cnn1-c1ccc(Oc2ncccc2Cl)cc1F. The van der Waals surface area contributed by atoms with E-state index in [4.69, 9.17) is 22.1 Å². The molecule has 0 saturated heterocycles. The number of H-pyrrole nitrogens is 1. The fourth-order valence-corrected chi connectivity index (χ4v) is 3.59. The van der Waals surface area contributed by atoms with E-state index in [0.29, 0.717) is 10.9 Å². The van der Waals surface area contributed by atoms with Gasteiger partial charge < -0.3 is 15.5 Å². The Hall–Kier alpha value is -4.44. The lowest BCUT2D eigenvalue weighted by molar-refractivity contribution is -0.00603. The van der Waals surface area contributed by atoms with Crippen LogP contribution in [0.1, 0.15) is 16.1 Å². The quantitative estimate of drug-likeness (QED) is 0.314. The summed E-state index contributed by atoms with van der Waals surface area (Å²) >= 11 is 6.02. The van der Waals surface area contributed by atoms with Gasteiger partial charge in [-0.2, -0.15) is 5.10 Å². The van der Waals surface area contributed by atoms with Gasteiger partial charge in [0.1, 0.15) is 22.3 Å². The van der Waals surface area contributed by atoms with E-state index in [0.717, 1.165) is 10.7 Å². The molecule has 0 bridgehead atoms. The van der Waals surface area contributed by atoms with Crippen molar-refractivity contribution in [1.29, 1.82) is 0 Å². The molecule has 0 spiro atoms. The number of pyridine rings is 1. The van der Waals surface area contributed by atoms with Gasteiger partial charge in [-0.25, -0.2) is 14.1 Å². The third-order valence-corrected chi connectivity index (χ3v) is 5.35. The fraction of sp³-hybridized carbons (Fsp3) is 0. The highest BCUT2D eigenvalue weighted by atomic mass is 35.5. The van der Waals surface area contributed by atoms with E-state index in [1.165, 1.54) is 42.7 Å². The molecule has 5 aromatic rings. The first-order valence-electron chi connectivity index (χ1n) is 9.82. The second kappa shape index (κ2) is 8.49. The van der Waals surface area contributed by atoms with Crippen molar-refractivity contribution in [2.24, 2.45) is 0 Å². The van der Waals surface area contributed by atoms with Gasteiger partial charge in [-0.1, -0.05) is 11.6 Å². The lowest BCUT2D eigenvalue weighted by Gasteiger charge is -2.09. The number of nitrogens with two attached hydrogens (primary N) is 1. The van der Waals surface area contributed by atoms with Crippen LogP contribution in [0.5, 0.6) is 17.4 Å². The maximum Gasteiger partial charge on any atom is 0.238 e. The van der Waals surface area contributed by atoms with Crippen molar-refractivity contribution in [1.82, 2.24) is 19.7 Å². The largest absolute Gasteiger partial charge is 0.437 e. The number of nitrogens with one attached hydrogen (secondary N) is 1. The topological polar surface area (TPSA) is 108 Å². The maximum atomic E-state index is 14.9. The van der Waals surface area contributed by atoms with Crippen molar-refractivity contribution in [3.63, 3.8) is 0 Å². The first kappa shape index (κ1) is 21.4. The zero-order valence-electron chi connectivity index (χ0n) is 17.1. The van der Waals surface area contributed by atoms with Crippen molar-refractivity contribution in [2.75, 3.05) is 5.73 Å². The Bertz CT molecular complexity index is 1550. The molecule has 0 amide bonds. The van der Waals surface area contributed by atoms with Gasteiger partial charge in [0.2, 0.25) is 11.7 Å². The number of hydrogen-bond acceptors (Lipinski definition) is 6. The van der Waals surface area contributed by atoms with Gasteiger partial charge in [0, 0.05) is 27.7 Å². The maximum absolute atomic E-state index is 14.9. The third kappa shape index (κ3) is 3.80. The second-order valence-corrected chi connectivity index (χ2v) is 7.61. The van der Waals surface area contributed by atoms with Crippen LogP contribution in [0.4, 0.5) is 14.7 Å². The number of anilines is 1. The lowest BCUT2D eigenvalue weighted by Crippen LogP contribution is -2.08. The number of aromatic nitrogens is 4. The highest BCUT2D eigenvalue weighted by Crippen LogP contribution is 2.30. The van der Waals surface area contributed by atoms with Gasteiger partial charge >= 0.3 is 0 Å². The van der Waals surface area contributed by atoms with Crippen molar-refractivity contribution < 1.29 is 23.4 Å². The number of halogens is 3. The summed E-state index contributed by atoms with van der Waals surface area (Å²) in [7, 11) is 0. The molecule has 0 aliphatic heterocycles. The number of ketones is 1. The molecule has 3 N–H and O–H groups in total. The van der Waals surface area contributed by atoms with Gasteiger partial charge in [0.15, 0.2) is 11.6 Å². The molecule has 0 radical (unpaired) electrons. The summed E-state index contributed by atoms with van der Waals surface area (Å²) in [5.74, 6) is -0.914. The first-order valence-corrected chi connectivity index (χ1v) is 10.2. The zero-order valence-corrected chi connectivity index (χ0v) is 17.9. The highest BCUT2D eigenvalue weighted by molar-refractivity contribution is 6.31. The van der Waals surface area contributed by atoms with Crippen LogP contribution in [0.3, 0.4) is 0 Å². The minimum absolute atomic E-state index is 0.00560. The molecular formula is C23H14ClF2N5O3. The Morgan fingerprint density at radius 2 is 1.94 bits per heavy atom. The number of fused-ring (bicyclic) bond motifs is 1. The summed E-state index contributed by atoms with van der Waals surface area (Å²) in [4.78, 5) is 23.7. The number of nitrogen functional groups attached to an aromatic ring is 1. The Morgan fingerprint density at radius 3 is 2.71 bits per heavy atom. The number of aromatic amines is 1. The molecule has 170 valence electrons. The van der Waals surface area contributed by atoms with E-state index < -0.39 is 11.6 Å². The van der Waals surface area contributed by atoms with Gasteiger partial charge in [0.05, 0.1) is 17.5 Å². The summed E-state index contributed by atoms with van der Waals surface area (Å²) in [5, 5.41) is 4.92. The van der Waals surface area contributed by atoms with E-state index in [2.05, 4.69) is 20.0 Å². The van der Waals surface area contributed by atoms with Gasteiger partial charge in [0.25, 0.3) is 0 Å². The standard InChI is InChI=1S/C23H14ClF2N5O3/c24-16-2-1-7-28-23(16)33-13-4-6-20(17(25)10-13)31-22(27)15(11-29-31)21(32)19-9-12-8-14(34-26)3-5-18(12)30-19/h1-11,30H,27H2. The molecule has 0 atom stereocenters. The summed E-state index contributed by atoms with van der Waals surface area (Å²) < 4.78 is 33.9. The molecule has 2 aromatic carbocycles. The number of ether oxygens (including phenoxy) is 1. The van der Waals surface area contributed by atoms with Crippen LogP contribution in [0.2, 0.25) is 5.02 Å². The minimum atomic E-state index is -0.692. The average Bonchev–Trinajstić information content (AvgIpc) is 3.43. The van der Waals surface area contributed by atoms with E-state index in [1.54, 1.807) is 18.2 Å². The molecule has 8 nitrogen and oxygen atoms in total. The van der Waals surface area contributed by atoms with E-state index in [9.17, 15) is 13.7 Å². The van der Waals surface area contributed by atoms with Crippen molar-refractivity contribution >= 4 is 34.1 Å². The van der Waals surface area contributed by atoms with Crippen LogP contribution in [0.25, 0.3) is 16.6 Å². The van der Waals surface area contributed by atoms with Crippen molar-refractivity contribution in [3.05, 3.63) is 89.1 Å². The van der Waals surface area contributed by atoms with Gasteiger partial charge in [-0.3, -0.25) is 9.74 Å². The van der Waals surface area contributed by atoms with Crippen LogP contribution in [-0.4, -0.2) is 25.5 Å². The smallest absolute Gasteiger partial charge is 0.238 e. The molecule has 0 aliphatic carbocycles. The van der Waals surface area contributed by atoms with E-state index in [-0.39, 0.29) is 45.2 Å². The predicted octanol–water partition coefficient (Wildman–Crippen LogP) is 5.41. The number of nitrogens with zero attached hydrogens (tertiary/aromatic N) is 3. The predicted molar refractivity (Wildman–Crippen MR) is 121 cm³/mol. The number of carbonyl (C=O) groups is 1. The van der Waals surface area contributed by atoms with Crippen LogP contribution < -0.4 is 15.4 Å². The summed E-state index contributed by atoms with van der Waals surface area (Å²) in [6.07, 6.45) is 2.74. The highest BCUT2D eigenvalue weighted by Gasteiger charge is 2.21. The average molecular weight is 482 g/mol. The fourth-order valence-electron chi connectivity index (χ4n) is 3.43. The molecule has 0 fully saturated rings. The Balaban J connectivity index is 1.43. The molecule has 3 aromatic heterocycles. The summed E-state index contributed by atoms with van der Waals surface area (Å²) in [6, 6.07) is 13.2. The summed E-state index contributed by atoms with van der Waals surface area (Å²) in [5.41, 5.74) is 7.01. The van der Waals surface area contributed by atoms with Gasteiger partial charge in [-0.15, -0.1) is 0 Å². The normalized spacial score (nSPS) is 11.0. The molecule has 0 saturated carbocycles. The number of hydrogen-bond donors (Lipinski definition) is 2. The molecule has 0 unspecified atom stereocenters. The van der Waals surface area contributed by atoms with Crippen molar-refractivity contribution in [3.8, 4) is 23.1 Å². The Labute approximate surface area is 195 Å². The molecular weight excluding hydrogens is 468 g/mol.